The van der Waals surface area contributed by atoms with Crippen LogP contribution in [-0.2, 0) is 49.4 Å². The number of para-hydroxylation sites is 2. The van der Waals surface area contributed by atoms with Crippen LogP contribution in [0.1, 0.15) is 136 Å². The van der Waals surface area contributed by atoms with Crippen LogP contribution in [-0.4, -0.2) is 148 Å². The predicted molar refractivity (Wildman–Crippen MR) is 392 cm³/mol. The number of carboxylic acids is 1. The summed E-state index contributed by atoms with van der Waals surface area (Å²) in [6, 6.07) is 56.4. The highest BCUT2D eigenvalue weighted by atomic mass is 32.2. The van der Waals surface area contributed by atoms with Gasteiger partial charge in [0.2, 0.25) is 0 Å². The zero-order valence-electron chi connectivity index (χ0n) is 58.5. The monoisotopic (exact) mass is 1370 g/mol. The number of piperidine rings is 1. The van der Waals surface area contributed by atoms with Gasteiger partial charge in [0.15, 0.2) is 34.4 Å². The molecule has 15 nitrogen and oxygen atoms in total. The number of nitrogens with zero attached hydrogens (tertiary/aromatic N) is 4. The number of aliphatic hydroxyl groups is 2. The second-order valence-corrected chi connectivity index (χ2v) is 31.2. The Morgan fingerprint density at radius 2 is 1.39 bits per heavy atom. The summed E-state index contributed by atoms with van der Waals surface area (Å²) in [5.74, 6) is 1.27. The Morgan fingerprint density at radius 3 is 1.96 bits per heavy atom. The van der Waals surface area contributed by atoms with Crippen molar-refractivity contribution in [2.24, 2.45) is 23.5 Å². The van der Waals surface area contributed by atoms with Crippen LogP contribution in [0, 0.1) is 17.8 Å². The van der Waals surface area contributed by atoms with Gasteiger partial charge in [-0.15, -0.1) is 0 Å². The van der Waals surface area contributed by atoms with Gasteiger partial charge >= 0.3 is 5.97 Å². The molecule has 7 aromatic carbocycles. The number of fused-ring (bicyclic) bond motifs is 2. The van der Waals surface area contributed by atoms with Crippen LogP contribution in [0.15, 0.2) is 180 Å². The predicted octanol–water partition coefficient (Wildman–Crippen LogP) is 13.5. The molecular weight excluding hydrogens is 1270 g/mol. The molecule has 1 saturated heterocycles. The minimum Gasteiger partial charge on any atom is -0.615 e. The van der Waals surface area contributed by atoms with E-state index in [0.29, 0.717) is 36.5 Å². The number of Topliss-reactive ketones (excluding diaryl/α,β-unsaturated/α-hetero) is 1. The van der Waals surface area contributed by atoms with Gasteiger partial charge in [0.25, 0.3) is 5.91 Å². The largest absolute Gasteiger partial charge is 0.615 e. The van der Waals surface area contributed by atoms with Gasteiger partial charge in [0.1, 0.15) is 5.75 Å². The topological polar surface area (TPSA) is 213 Å². The fourth-order valence-electron chi connectivity index (χ4n) is 15.4. The van der Waals surface area contributed by atoms with E-state index in [1.807, 2.05) is 127 Å². The number of hydrogen-bond acceptors (Lipinski definition) is 14. The van der Waals surface area contributed by atoms with Crippen LogP contribution in [0.4, 0.5) is 11.4 Å². The fraction of sp³-hybridized carbons (Fsp3) is 0.444. The maximum Gasteiger partial charge on any atom is 0.310 e. The number of methoxy groups -OCH3 is 1. The lowest BCUT2D eigenvalue weighted by molar-refractivity contribution is -0.188. The number of aromatic hydroxyl groups is 1. The second-order valence-electron chi connectivity index (χ2n) is 28.6. The first kappa shape index (κ1) is 73.5. The molecule has 2 bridgehead atoms. The number of phenolic OH excluding ortho intramolecular Hbond substituents is 1. The number of carbonyl (C=O) groups is 3. The summed E-state index contributed by atoms with van der Waals surface area (Å²) in [6.07, 6.45) is 9.61. The maximum absolute atomic E-state index is 12.7. The molecule has 4 fully saturated rings. The summed E-state index contributed by atoms with van der Waals surface area (Å²) in [7, 11) is 10.1. The number of likely N-dealkylation sites (tertiary alicyclic amines) is 1. The molecule has 0 aromatic heterocycles. The second kappa shape index (κ2) is 32.4. The summed E-state index contributed by atoms with van der Waals surface area (Å²) < 4.78 is 23.7. The number of carbonyl (C=O) groups excluding carboxylic acids is 2. The lowest BCUT2D eigenvalue weighted by Gasteiger charge is -2.62. The highest BCUT2D eigenvalue weighted by Crippen LogP contribution is 2.65. The van der Waals surface area contributed by atoms with E-state index in [-0.39, 0.29) is 28.6 Å². The van der Waals surface area contributed by atoms with Crippen molar-refractivity contribution in [3.63, 3.8) is 0 Å². The van der Waals surface area contributed by atoms with Crippen molar-refractivity contribution in [2.45, 2.75) is 154 Å². The lowest BCUT2D eigenvalue weighted by atomic mass is 9.49. The Morgan fingerprint density at radius 1 is 0.765 bits per heavy atom. The molecule has 3 unspecified atom stereocenters. The highest BCUT2D eigenvalue weighted by molar-refractivity contribution is 7.99. The van der Waals surface area contributed by atoms with Crippen LogP contribution in [0.2, 0.25) is 0 Å². The van der Waals surface area contributed by atoms with Gasteiger partial charge in [-0.3, -0.25) is 19.3 Å². The zero-order valence-corrected chi connectivity index (χ0v) is 60.2. The van der Waals surface area contributed by atoms with Gasteiger partial charge in [-0.2, -0.15) is 0 Å². The molecule has 3 aliphatic heterocycles. The number of anilines is 2. The molecule has 1 amide bonds. The maximum atomic E-state index is 12.7. The van der Waals surface area contributed by atoms with Crippen molar-refractivity contribution in [2.75, 3.05) is 72.1 Å². The number of aliphatic carboxylic acids is 1. The molecule has 522 valence electrons. The average molecular weight is 1370 g/mol. The SMILES string of the molecule is CC(C)Cc1ccc(C(C)C(=O)O)cc1.CC(CN1c2ccccc2Sc2ccccc21)N(C)C.COc1cccc([C@@]2(O)CCCC[C@@H]2CN(C)C)c1.NC(=O)C[S+]([O-])C(c1ccccc1)c1ccccc1.O=C1CC[C@@]2(O)[C@H]3Cc4ccc(O)c5c4[C@@]2(CCN3CC2CC2)[C@H]1O5. The van der Waals surface area contributed by atoms with E-state index >= 15 is 0 Å². The van der Waals surface area contributed by atoms with Crippen molar-refractivity contribution >= 4 is 52.0 Å². The molecule has 7 aromatic rings. The Kier molecular flexibility index (Phi) is 24.3. The number of amides is 1. The number of primary amides is 1. The van der Waals surface area contributed by atoms with Gasteiger partial charge in [0, 0.05) is 70.5 Å². The minimum atomic E-state index is -1.36. The minimum absolute atomic E-state index is 0.0454. The first-order chi connectivity index (χ1) is 47.0. The Labute approximate surface area is 587 Å². The normalized spacial score (nSPS) is 23.3. The first-order valence-corrected chi connectivity index (χ1v) is 37.1. The molecule has 3 heterocycles. The Hall–Kier alpha value is -7.19. The molecular formula is C81H101N5O10S2. The third-order valence-corrected chi connectivity index (χ3v) is 23.6. The number of carboxylic acid groups (broad SMARTS) is 1. The van der Waals surface area contributed by atoms with Crippen LogP contribution < -0.4 is 20.1 Å². The van der Waals surface area contributed by atoms with Crippen molar-refractivity contribution in [3.05, 3.63) is 209 Å². The molecule has 1 spiro atoms. The number of phenols is 1. The van der Waals surface area contributed by atoms with Gasteiger partial charge in [-0.25, -0.2) is 0 Å². The molecule has 3 saturated carbocycles. The van der Waals surface area contributed by atoms with E-state index in [2.05, 4.69) is 117 Å². The number of hydrogen-bond donors (Lipinski definition) is 5. The molecule has 0 radical (unpaired) electrons. The third kappa shape index (κ3) is 16.5. The molecule has 98 heavy (non-hydrogen) atoms. The summed E-state index contributed by atoms with van der Waals surface area (Å²) >= 11 is 0.502. The van der Waals surface area contributed by atoms with Gasteiger partial charge < -0.3 is 54.9 Å². The van der Waals surface area contributed by atoms with E-state index < -0.39 is 51.7 Å². The summed E-state index contributed by atoms with van der Waals surface area (Å²) in [5, 5.41) is 42.0. The zero-order chi connectivity index (χ0) is 70.1. The molecule has 17 heteroatoms. The number of nitrogens with two attached hydrogens (primary N) is 1. The van der Waals surface area contributed by atoms with Crippen molar-refractivity contribution in [1.82, 2.24) is 14.7 Å². The molecule has 9 atom stereocenters. The lowest BCUT2D eigenvalue weighted by Crippen LogP contribution is -2.76. The fourth-order valence-corrected chi connectivity index (χ4v) is 17.8. The van der Waals surface area contributed by atoms with E-state index in [1.54, 1.807) is 20.1 Å². The van der Waals surface area contributed by atoms with E-state index in [1.165, 1.54) is 46.0 Å². The van der Waals surface area contributed by atoms with Crippen LogP contribution in [0.25, 0.3) is 0 Å². The first-order valence-electron chi connectivity index (χ1n) is 34.9. The van der Waals surface area contributed by atoms with Crippen molar-refractivity contribution < 1.29 is 48.8 Å². The Bertz CT molecular complexity index is 3730. The molecule has 14 rings (SSSR count). The highest BCUT2D eigenvalue weighted by Gasteiger charge is 2.73. The van der Waals surface area contributed by atoms with Crippen molar-refractivity contribution in [3.8, 4) is 17.2 Å². The van der Waals surface area contributed by atoms with E-state index in [9.17, 15) is 34.3 Å². The molecule has 4 aliphatic carbocycles. The smallest absolute Gasteiger partial charge is 0.310 e. The number of ether oxygens (including phenoxy) is 2. The summed E-state index contributed by atoms with van der Waals surface area (Å²) in [5.41, 5.74) is 12.5. The number of rotatable bonds is 18. The Balaban J connectivity index is 0.000000134. The molecule has 7 aliphatic rings. The molecule has 6 N–H and O–H groups in total. The van der Waals surface area contributed by atoms with E-state index in [0.717, 1.165) is 110 Å². The van der Waals surface area contributed by atoms with Crippen LogP contribution >= 0.6 is 11.8 Å². The van der Waals surface area contributed by atoms with Gasteiger partial charge in [-0.05, 0) is 188 Å². The van der Waals surface area contributed by atoms with Gasteiger partial charge in [-0.1, -0.05) is 166 Å². The summed E-state index contributed by atoms with van der Waals surface area (Å²) in [6.45, 7) is 12.2. The standard InChI is InChI=1S/C20H23NO4.C17H20N2S.C16H25NO2.C15H15NO2S.C13H18O2/c22-13-4-3-12-9-15-20(24)6-5-14(23)18-19(20,16(12)17(13)25-18)7-8-21(15)10-11-1-2-11;1-13(18(2)3)12-19-14-8-4-6-10-16(14)20-17-11-7-5-9-15(17)19;1-17(2)12-14-7-4-5-10-16(14,18)13-8-6-9-15(11-13)19-3;16-14(17)11-19(18)15(12-7-3-1-4-8-12)13-9-5-2-6-10-13;1-9(2)8-11-4-6-12(7-5-11)10(3)13(14)15/h3-4,11,15,18,22,24H,1-2,5-10H2;4-11,13H,12H2,1-3H3;6,8-9,11,14,18H,4-5,7,10,12H2,1-3H3;1-10,15H,11H2,(H2,16,17);4-7,9-10H,8H2,1-3H3,(H,14,15)/t15-,18+,19+,20-;;14-,16+;;/m1.1../s1. The van der Waals surface area contributed by atoms with Crippen LogP contribution in [0.5, 0.6) is 17.2 Å². The number of likely N-dealkylation sites (N-methyl/N-ethyl adjacent to an activating group) is 1. The average Bonchev–Trinajstić information content (AvgIpc) is 1.45. The number of ketones is 1. The number of benzene rings is 7. The third-order valence-electron chi connectivity index (χ3n) is 20.9. The summed E-state index contributed by atoms with van der Waals surface area (Å²) in [4.78, 5) is 46.5. The quantitative estimate of drug-likeness (QED) is 0.0506. The van der Waals surface area contributed by atoms with Crippen LogP contribution in [0.3, 0.4) is 0 Å². The van der Waals surface area contributed by atoms with Crippen molar-refractivity contribution in [1.29, 1.82) is 0 Å². The van der Waals surface area contributed by atoms with Gasteiger partial charge in [0.05, 0.1) is 41.0 Å². The van der Waals surface area contributed by atoms with E-state index in [4.69, 9.17) is 20.3 Å².